The van der Waals surface area contributed by atoms with Crippen LogP contribution in [0, 0.1) is 12.7 Å². The van der Waals surface area contributed by atoms with E-state index in [4.69, 9.17) is 4.74 Å². The normalized spacial score (nSPS) is 18.5. The Balaban J connectivity index is 1.73. The SMILES string of the molecule is CNc1cc(C)nc([C@H]2COCCN2CCc2ccc(F)cc2)n1. The van der Waals surface area contributed by atoms with Crippen molar-refractivity contribution >= 4 is 5.82 Å². The summed E-state index contributed by atoms with van der Waals surface area (Å²) in [7, 11) is 1.86. The highest BCUT2D eigenvalue weighted by atomic mass is 19.1. The van der Waals surface area contributed by atoms with Gasteiger partial charge in [-0.2, -0.15) is 0 Å². The molecule has 0 aliphatic carbocycles. The summed E-state index contributed by atoms with van der Waals surface area (Å²) in [4.78, 5) is 11.5. The zero-order valence-corrected chi connectivity index (χ0v) is 14.1. The van der Waals surface area contributed by atoms with Gasteiger partial charge < -0.3 is 10.1 Å². The van der Waals surface area contributed by atoms with Crippen molar-refractivity contribution in [1.29, 1.82) is 0 Å². The number of hydrogen-bond donors (Lipinski definition) is 1. The molecule has 1 aliphatic rings. The second kappa shape index (κ2) is 7.68. The van der Waals surface area contributed by atoms with E-state index in [0.29, 0.717) is 13.2 Å². The lowest BCUT2D eigenvalue weighted by atomic mass is 10.1. The van der Waals surface area contributed by atoms with Gasteiger partial charge in [0.1, 0.15) is 17.5 Å². The summed E-state index contributed by atoms with van der Waals surface area (Å²) in [6, 6.07) is 8.67. The number of nitrogens with one attached hydrogen (secondary N) is 1. The summed E-state index contributed by atoms with van der Waals surface area (Å²) in [6.45, 7) is 4.99. The largest absolute Gasteiger partial charge is 0.378 e. The monoisotopic (exact) mass is 330 g/mol. The second-order valence-corrected chi connectivity index (χ2v) is 6.01. The molecule has 2 heterocycles. The Morgan fingerprint density at radius 2 is 2.08 bits per heavy atom. The van der Waals surface area contributed by atoms with Crippen molar-refractivity contribution < 1.29 is 9.13 Å². The van der Waals surface area contributed by atoms with Gasteiger partial charge in [-0.15, -0.1) is 0 Å². The lowest BCUT2D eigenvalue weighted by Gasteiger charge is -2.34. The van der Waals surface area contributed by atoms with Crippen LogP contribution in [-0.4, -0.2) is 48.2 Å². The van der Waals surface area contributed by atoms with E-state index in [1.54, 1.807) is 0 Å². The molecule has 1 fully saturated rings. The van der Waals surface area contributed by atoms with Crippen LogP contribution in [0.25, 0.3) is 0 Å². The van der Waals surface area contributed by atoms with Crippen LogP contribution in [0.4, 0.5) is 10.2 Å². The minimum atomic E-state index is -0.198. The summed E-state index contributed by atoms with van der Waals surface area (Å²) in [5.41, 5.74) is 2.07. The van der Waals surface area contributed by atoms with Crippen molar-refractivity contribution in [2.24, 2.45) is 0 Å². The minimum Gasteiger partial charge on any atom is -0.378 e. The molecule has 5 nitrogen and oxygen atoms in total. The minimum absolute atomic E-state index is 0.0474. The molecule has 6 heteroatoms. The molecule has 0 saturated carbocycles. The highest BCUT2D eigenvalue weighted by Crippen LogP contribution is 2.23. The maximum absolute atomic E-state index is 13.0. The van der Waals surface area contributed by atoms with E-state index in [1.807, 2.05) is 32.2 Å². The third-order valence-corrected chi connectivity index (χ3v) is 4.27. The molecule has 24 heavy (non-hydrogen) atoms. The van der Waals surface area contributed by atoms with Gasteiger partial charge in [0.25, 0.3) is 0 Å². The number of aryl methyl sites for hydroxylation is 1. The van der Waals surface area contributed by atoms with E-state index in [-0.39, 0.29) is 11.9 Å². The average molecular weight is 330 g/mol. The number of halogens is 1. The Bertz CT molecular complexity index is 677. The quantitative estimate of drug-likeness (QED) is 0.913. The average Bonchev–Trinajstić information content (AvgIpc) is 2.61. The maximum atomic E-state index is 13.0. The Hall–Kier alpha value is -2.05. The van der Waals surface area contributed by atoms with E-state index in [2.05, 4.69) is 20.2 Å². The molecule has 0 spiro atoms. The van der Waals surface area contributed by atoms with E-state index >= 15 is 0 Å². The van der Waals surface area contributed by atoms with Crippen molar-refractivity contribution in [3.05, 3.63) is 53.2 Å². The molecule has 128 valence electrons. The molecule has 0 bridgehead atoms. The van der Waals surface area contributed by atoms with Gasteiger partial charge in [0, 0.05) is 31.9 Å². The van der Waals surface area contributed by atoms with Crippen LogP contribution in [0.1, 0.15) is 23.1 Å². The van der Waals surface area contributed by atoms with Crippen molar-refractivity contribution in [1.82, 2.24) is 14.9 Å². The first-order valence-corrected chi connectivity index (χ1v) is 8.25. The molecule has 0 unspecified atom stereocenters. The first kappa shape index (κ1) is 16.8. The van der Waals surface area contributed by atoms with Gasteiger partial charge in [0.15, 0.2) is 0 Å². The Labute approximate surface area is 141 Å². The molecule has 0 radical (unpaired) electrons. The third-order valence-electron chi connectivity index (χ3n) is 4.27. The molecule has 1 atom stereocenters. The number of benzene rings is 1. The fourth-order valence-corrected chi connectivity index (χ4v) is 2.94. The fourth-order valence-electron chi connectivity index (χ4n) is 2.94. The maximum Gasteiger partial charge on any atom is 0.150 e. The van der Waals surface area contributed by atoms with Crippen molar-refractivity contribution in [3.63, 3.8) is 0 Å². The van der Waals surface area contributed by atoms with Crippen LogP contribution in [0.3, 0.4) is 0 Å². The summed E-state index contributed by atoms with van der Waals surface area (Å²) in [5.74, 6) is 1.41. The highest BCUT2D eigenvalue weighted by molar-refractivity contribution is 5.35. The Morgan fingerprint density at radius 3 is 2.83 bits per heavy atom. The molecular weight excluding hydrogens is 307 g/mol. The van der Waals surface area contributed by atoms with Gasteiger partial charge >= 0.3 is 0 Å². The molecule has 1 saturated heterocycles. The number of anilines is 1. The lowest BCUT2D eigenvalue weighted by molar-refractivity contribution is -0.0111. The van der Waals surface area contributed by atoms with Gasteiger partial charge in [-0.3, -0.25) is 4.90 Å². The summed E-state index contributed by atoms with van der Waals surface area (Å²) in [6.07, 6.45) is 0.863. The van der Waals surface area contributed by atoms with E-state index in [9.17, 15) is 4.39 Å². The van der Waals surface area contributed by atoms with Crippen molar-refractivity contribution in [3.8, 4) is 0 Å². The van der Waals surface area contributed by atoms with Gasteiger partial charge in [0.2, 0.25) is 0 Å². The third kappa shape index (κ3) is 4.07. The summed E-state index contributed by atoms with van der Waals surface area (Å²) in [5, 5.41) is 3.08. The number of ether oxygens (including phenoxy) is 1. The van der Waals surface area contributed by atoms with Gasteiger partial charge in [0.05, 0.1) is 19.3 Å². The van der Waals surface area contributed by atoms with Gasteiger partial charge in [-0.05, 0) is 31.0 Å². The Morgan fingerprint density at radius 1 is 1.29 bits per heavy atom. The molecule has 1 aliphatic heterocycles. The van der Waals surface area contributed by atoms with Crippen LogP contribution in [-0.2, 0) is 11.2 Å². The zero-order chi connectivity index (χ0) is 16.9. The summed E-state index contributed by atoms with van der Waals surface area (Å²) >= 11 is 0. The van der Waals surface area contributed by atoms with Crippen LogP contribution < -0.4 is 5.32 Å². The van der Waals surface area contributed by atoms with Crippen molar-refractivity contribution in [2.45, 2.75) is 19.4 Å². The molecule has 1 N–H and O–H groups in total. The summed E-state index contributed by atoms with van der Waals surface area (Å²) < 4.78 is 18.7. The first-order valence-electron chi connectivity index (χ1n) is 8.25. The topological polar surface area (TPSA) is 50.3 Å². The van der Waals surface area contributed by atoms with E-state index in [0.717, 1.165) is 42.4 Å². The van der Waals surface area contributed by atoms with Crippen LogP contribution >= 0.6 is 0 Å². The first-order chi connectivity index (χ1) is 11.7. The van der Waals surface area contributed by atoms with Crippen LogP contribution in [0.2, 0.25) is 0 Å². The number of aromatic nitrogens is 2. The van der Waals surface area contributed by atoms with E-state index in [1.165, 1.54) is 12.1 Å². The second-order valence-electron chi connectivity index (χ2n) is 6.01. The smallest absolute Gasteiger partial charge is 0.150 e. The molecule has 2 aromatic rings. The zero-order valence-electron chi connectivity index (χ0n) is 14.1. The number of rotatable bonds is 5. The van der Waals surface area contributed by atoms with Gasteiger partial charge in [-0.25, -0.2) is 14.4 Å². The standard InChI is InChI=1S/C18H23FN4O/c1-13-11-17(20-2)22-18(21-13)16-12-24-10-9-23(16)8-7-14-3-5-15(19)6-4-14/h3-6,11,16H,7-10,12H2,1-2H3,(H,20,21,22)/t16-/m1/s1. The molecule has 0 amide bonds. The predicted molar refractivity (Wildman–Crippen MR) is 91.6 cm³/mol. The van der Waals surface area contributed by atoms with Crippen LogP contribution in [0.5, 0.6) is 0 Å². The van der Waals surface area contributed by atoms with Crippen LogP contribution in [0.15, 0.2) is 30.3 Å². The number of nitrogens with zero attached hydrogens (tertiary/aromatic N) is 3. The predicted octanol–water partition coefficient (Wildman–Crippen LogP) is 2.58. The fraction of sp³-hybridized carbons (Fsp3) is 0.444. The molecular formula is C18H23FN4O. The highest BCUT2D eigenvalue weighted by Gasteiger charge is 2.27. The van der Waals surface area contributed by atoms with Gasteiger partial charge in [-0.1, -0.05) is 12.1 Å². The van der Waals surface area contributed by atoms with E-state index < -0.39 is 0 Å². The lowest BCUT2D eigenvalue weighted by Crippen LogP contribution is -2.41. The molecule has 1 aromatic heterocycles. The number of morpholine rings is 1. The Kier molecular flexibility index (Phi) is 5.37. The number of hydrogen-bond acceptors (Lipinski definition) is 5. The van der Waals surface area contributed by atoms with Crippen molar-refractivity contribution in [2.75, 3.05) is 38.7 Å². The molecule has 3 rings (SSSR count). The molecule has 1 aromatic carbocycles.